The van der Waals surface area contributed by atoms with Crippen LogP contribution in [0.5, 0.6) is 0 Å². The summed E-state index contributed by atoms with van der Waals surface area (Å²) in [6.45, 7) is 18.0. The lowest BCUT2D eigenvalue weighted by molar-refractivity contribution is 0.245. The summed E-state index contributed by atoms with van der Waals surface area (Å²) < 4.78 is 38.6. The van der Waals surface area contributed by atoms with Crippen molar-refractivity contribution in [1.82, 2.24) is 14.7 Å². The van der Waals surface area contributed by atoms with Gasteiger partial charge in [0.15, 0.2) is 5.95 Å². The van der Waals surface area contributed by atoms with E-state index in [-0.39, 0.29) is 18.3 Å². The lowest BCUT2D eigenvalue weighted by Crippen LogP contribution is -2.29. The molecule has 200 valence electrons. The quantitative estimate of drug-likeness (QED) is 0.513. The Kier molecular flexibility index (Phi) is 13.7. The molecule has 9 heteroatoms. The van der Waals surface area contributed by atoms with Crippen molar-refractivity contribution in [2.75, 3.05) is 52.4 Å². The minimum Gasteiger partial charge on any atom is -0.376 e. The number of hydrogen-bond donors (Lipinski definition) is 3. The first kappa shape index (κ1) is 30.9. The van der Waals surface area contributed by atoms with Crippen LogP contribution in [0.25, 0.3) is 0 Å². The number of alkyl halides is 1. The fourth-order valence-electron chi connectivity index (χ4n) is 4.31. The zero-order valence-electron chi connectivity index (χ0n) is 22.2. The minimum absolute atomic E-state index is 0.0568. The molecule has 6 nitrogen and oxygen atoms in total. The molecule has 0 aromatic rings. The van der Waals surface area contributed by atoms with Crippen molar-refractivity contribution in [2.45, 2.75) is 78.7 Å². The van der Waals surface area contributed by atoms with E-state index in [4.69, 9.17) is 17.2 Å². The van der Waals surface area contributed by atoms with E-state index in [1.54, 1.807) is 0 Å². The topological polar surface area (TPSA) is 87.8 Å². The van der Waals surface area contributed by atoms with Gasteiger partial charge in [0.2, 0.25) is 0 Å². The average Bonchev–Trinajstić information content (AvgIpc) is 3.53. The molecule has 6 N–H and O–H groups in total. The van der Waals surface area contributed by atoms with Crippen LogP contribution in [0.1, 0.15) is 54.4 Å². The summed E-state index contributed by atoms with van der Waals surface area (Å²) in [5.41, 5.74) is 17.3. The van der Waals surface area contributed by atoms with Crippen LogP contribution >= 0.6 is 0 Å². The minimum atomic E-state index is -0.706. The molecule has 0 saturated carbocycles. The lowest BCUT2D eigenvalue weighted by Gasteiger charge is -2.19. The van der Waals surface area contributed by atoms with Crippen molar-refractivity contribution < 1.29 is 13.2 Å². The third-order valence-corrected chi connectivity index (χ3v) is 6.97. The van der Waals surface area contributed by atoms with E-state index in [9.17, 15) is 13.2 Å². The van der Waals surface area contributed by atoms with E-state index in [2.05, 4.69) is 56.2 Å². The number of likely N-dealkylation sites (tertiary alicyclic amines) is 3. The van der Waals surface area contributed by atoms with E-state index in [1.807, 2.05) is 0 Å². The predicted octanol–water partition coefficient (Wildman–Crippen LogP) is 3.15. The van der Waals surface area contributed by atoms with Crippen LogP contribution < -0.4 is 17.2 Å². The lowest BCUT2D eigenvalue weighted by atomic mass is 10.1. The van der Waals surface area contributed by atoms with Crippen molar-refractivity contribution in [2.24, 2.45) is 23.1 Å². The standard InChI is InChI=1S/C9H17FN2.C8H17FN2.C8H15FN2/c1-7(2)12-4-3-8(6-12)9(10)5-11;1-6(2)11-4-7(3-10)8(9)5-11;1-6(2)11-4-3-7(5-11)8(9)10/h7H,3-6,11H2,1-2H3;6-8H,3-5,10H2,1-2H3;6H,3-5,10H2,1-2H3/b9-8+;;8-7+. The van der Waals surface area contributed by atoms with Gasteiger partial charge in [-0.1, -0.05) is 0 Å². The second-order valence-electron chi connectivity index (χ2n) is 10.4. The van der Waals surface area contributed by atoms with Gasteiger partial charge in [-0.25, -0.2) is 8.78 Å². The second kappa shape index (κ2) is 15.1. The van der Waals surface area contributed by atoms with E-state index >= 15 is 0 Å². The third kappa shape index (κ3) is 9.85. The summed E-state index contributed by atoms with van der Waals surface area (Å²) in [7, 11) is 0. The van der Waals surface area contributed by atoms with Crippen molar-refractivity contribution in [3.05, 3.63) is 22.9 Å². The summed E-state index contributed by atoms with van der Waals surface area (Å²) >= 11 is 0. The smallest absolute Gasteiger partial charge is 0.184 e. The first-order valence-corrected chi connectivity index (χ1v) is 12.7. The van der Waals surface area contributed by atoms with Gasteiger partial charge in [-0.2, -0.15) is 4.39 Å². The Labute approximate surface area is 205 Å². The molecule has 3 heterocycles. The molecule has 2 unspecified atom stereocenters. The number of halogens is 3. The van der Waals surface area contributed by atoms with Gasteiger partial charge < -0.3 is 17.2 Å². The molecule has 3 aliphatic heterocycles. The molecule has 0 aromatic carbocycles. The largest absolute Gasteiger partial charge is 0.376 e. The maximum atomic E-state index is 13.1. The Bertz CT molecular complexity index is 661. The molecule has 0 amide bonds. The van der Waals surface area contributed by atoms with Crippen molar-refractivity contribution in [1.29, 1.82) is 0 Å². The van der Waals surface area contributed by atoms with Crippen LogP contribution in [0.2, 0.25) is 0 Å². The van der Waals surface area contributed by atoms with Gasteiger partial charge in [0.05, 0.1) is 0 Å². The van der Waals surface area contributed by atoms with Crippen LogP contribution in [0, 0.1) is 5.92 Å². The van der Waals surface area contributed by atoms with Crippen LogP contribution in [0.4, 0.5) is 13.2 Å². The molecule has 0 aliphatic carbocycles. The first-order chi connectivity index (χ1) is 15.9. The van der Waals surface area contributed by atoms with Gasteiger partial charge in [0, 0.05) is 69.9 Å². The summed E-state index contributed by atoms with van der Waals surface area (Å²) in [6, 6.07) is 1.45. The average molecular weight is 491 g/mol. The molecule has 0 radical (unpaired) electrons. The van der Waals surface area contributed by atoms with Crippen molar-refractivity contribution in [3.63, 3.8) is 0 Å². The Hall–Kier alpha value is -1.13. The highest BCUT2D eigenvalue weighted by Crippen LogP contribution is 2.22. The van der Waals surface area contributed by atoms with Crippen LogP contribution in [-0.2, 0) is 0 Å². The highest BCUT2D eigenvalue weighted by molar-refractivity contribution is 5.15. The molecule has 3 fully saturated rings. The Balaban J connectivity index is 0.000000255. The van der Waals surface area contributed by atoms with E-state index < -0.39 is 12.1 Å². The molecular formula is C25H49F3N6. The van der Waals surface area contributed by atoms with E-state index in [0.29, 0.717) is 37.8 Å². The number of hydrogen-bond acceptors (Lipinski definition) is 6. The predicted molar refractivity (Wildman–Crippen MR) is 136 cm³/mol. The summed E-state index contributed by atoms with van der Waals surface area (Å²) in [6.07, 6.45) is 0.934. The fourth-order valence-corrected chi connectivity index (χ4v) is 4.31. The summed E-state index contributed by atoms with van der Waals surface area (Å²) in [4.78, 5) is 6.61. The SMILES string of the molecule is CC(C)N1CC(F)C(CN)C1.CC(C)N1CC/C(=C(\F)CN)C1.CC(C)N1CC/C(=C(\N)F)C1. The zero-order chi connectivity index (χ0) is 26.0. The van der Waals surface area contributed by atoms with Gasteiger partial charge in [0.1, 0.15) is 12.0 Å². The van der Waals surface area contributed by atoms with Gasteiger partial charge >= 0.3 is 0 Å². The van der Waals surface area contributed by atoms with Crippen LogP contribution in [-0.4, -0.2) is 91.4 Å². The summed E-state index contributed by atoms with van der Waals surface area (Å²) in [5.74, 6) is -0.524. The Morgan fingerprint density at radius 2 is 1.29 bits per heavy atom. The van der Waals surface area contributed by atoms with Gasteiger partial charge in [-0.15, -0.1) is 0 Å². The zero-order valence-corrected chi connectivity index (χ0v) is 22.2. The number of rotatable bonds is 5. The molecule has 2 atom stereocenters. The van der Waals surface area contributed by atoms with Gasteiger partial charge in [-0.05, 0) is 72.1 Å². The monoisotopic (exact) mass is 490 g/mol. The van der Waals surface area contributed by atoms with E-state index in [0.717, 1.165) is 50.2 Å². The molecule has 3 saturated heterocycles. The van der Waals surface area contributed by atoms with E-state index in [1.165, 1.54) is 0 Å². The molecule has 3 rings (SSSR count). The fraction of sp³-hybridized carbons (Fsp3) is 0.840. The first-order valence-electron chi connectivity index (χ1n) is 12.7. The van der Waals surface area contributed by atoms with Crippen LogP contribution in [0.15, 0.2) is 22.9 Å². The second-order valence-corrected chi connectivity index (χ2v) is 10.4. The molecule has 0 aromatic heterocycles. The summed E-state index contributed by atoms with van der Waals surface area (Å²) in [5, 5.41) is 0. The van der Waals surface area contributed by atoms with Gasteiger partial charge in [0.25, 0.3) is 0 Å². The van der Waals surface area contributed by atoms with Crippen molar-refractivity contribution in [3.8, 4) is 0 Å². The highest BCUT2D eigenvalue weighted by atomic mass is 19.1. The maximum Gasteiger partial charge on any atom is 0.184 e. The highest BCUT2D eigenvalue weighted by Gasteiger charge is 2.32. The Morgan fingerprint density at radius 3 is 1.59 bits per heavy atom. The maximum absolute atomic E-state index is 13.1. The number of nitrogens with two attached hydrogens (primary N) is 3. The Morgan fingerprint density at radius 1 is 0.824 bits per heavy atom. The molecule has 34 heavy (non-hydrogen) atoms. The van der Waals surface area contributed by atoms with Crippen LogP contribution in [0.3, 0.4) is 0 Å². The third-order valence-electron chi connectivity index (χ3n) is 6.97. The normalized spacial score (nSPS) is 27.2. The van der Waals surface area contributed by atoms with Crippen molar-refractivity contribution >= 4 is 0 Å². The van der Waals surface area contributed by atoms with Gasteiger partial charge in [-0.3, -0.25) is 14.7 Å². The molecule has 0 spiro atoms. The molecule has 0 bridgehead atoms. The molecule has 3 aliphatic rings. The molecular weight excluding hydrogens is 441 g/mol. The number of nitrogens with zero attached hydrogens (tertiary/aromatic N) is 3.